The summed E-state index contributed by atoms with van der Waals surface area (Å²) in [6.45, 7) is 1.98. The molecular formula is C16H13BrN2OS. The summed E-state index contributed by atoms with van der Waals surface area (Å²) in [5.74, 6) is -0.174. The van der Waals surface area contributed by atoms with Crippen LogP contribution in [0.1, 0.15) is 38.3 Å². The van der Waals surface area contributed by atoms with E-state index in [1.807, 2.05) is 13.0 Å². The number of hydrogen-bond acceptors (Lipinski definition) is 3. The van der Waals surface area contributed by atoms with Crippen molar-refractivity contribution in [2.75, 3.05) is 5.32 Å². The SMILES string of the molecule is Cc1ccc(C(=O)Nc2sc3c(c2C#N)CCC3)cc1Br. The van der Waals surface area contributed by atoms with Gasteiger partial charge in [0.05, 0.1) is 5.56 Å². The van der Waals surface area contributed by atoms with Gasteiger partial charge < -0.3 is 5.32 Å². The van der Waals surface area contributed by atoms with E-state index in [4.69, 9.17) is 0 Å². The average Bonchev–Trinajstić information content (AvgIpc) is 3.02. The summed E-state index contributed by atoms with van der Waals surface area (Å²) in [5, 5.41) is 12.9. The molecule has 0 radical (unpaired) electrons. The third-order valence-electron chi connectivity index (χ3n) is 3.69. The van der Waals surface area contributed by atoms with Crippen molar-refractivity contribution in [3.8, 4) is 6.07 Å². The van der Waals surface area contributed by atoms with E-state index < -0.39 is 0 Å². The number of anilines is 1. The van der Waals surface area contributed by atoms with Gasteiger partial charge in [0, 0.05) is 14.9 Å². The van der Waals surface area contributed by atoms with E-state index in [1.165, 1.54) is 16.2 Å². The third-order valence-corrected chi connectivity index (χ3v) is 5.76. The predicted molar refractivity (Wildman–Crippen MR) is 87.9 cm³/mol. The Hall–Kier alpha value is -1.64. The first-order chi connectivity index (χ1) is 10.1. The summed E-state index contributed by atoms with van der Waals surface area (Å²) in [7, 11) is 0. The van der Waals surface area contributed by atoms with Gasteiger partial charge in [-0.05, 0) is 49.4 Å². The van der Waals surface area contributed by atoms with E-state index in [0.29, 0.717) is 16.1 Å². The monoisotopic (exact) mass is 360 g/mol. The molecule has 1 N–H and O–H groups in total. The number of nitrogens with zero attached hydrogens (tertiary/aromatic N) is 1. The van der Waals surface area contributed by atoms with Gasteiger partial charge >= 0.3 is 0 Å². The zero-order valence-corrected chi connectivity index (χ0v) is 13.9. The molecule has 1 amide bonds. The number of rotatable bonds is 2. The number of carbonyl (C=O) groups is 1. The van der Waals surface area contributed by atoms with E-state index >= 15 is 0 Å². The normalized spacial score (nSPS) is 12.8. The zero-order valence-electron chi connectivity index (χ0n) is 11.5. The standard InChI is InChI=1S/C16H13BrN2OS/c1-9-5-6-10(7-13(9)17)15(20)19-16-12(8-18)11-3-2-4-14(11)21-16/h5-7H,2-4H2,1H3,(H,19,20). The van der Waals surface area contributed by atoms with Gasteiger partial charge in [0.2, 0.25) is 0 Å². The van der Waals surface area contributed by atoms with Gasteiger partial charge in [0.15, 0.2) is 0 Å². The Morgan fingerprint density at radius 3 is 2.95 bits per heavy atom. The lowest BCUT2D eigenvalue weighted by Gasteiger charge is -2.06. The number of benzene rings is 1. The minimum absolute atomic E-state index is 0.174. The Morgan fingerprint density at radius 1 is 1.43 bits per heavy atom. The maximum atomic E-state index is 12.3. The van der Waals surface area contributed by atoms with Gasteiger partial charge in [-0.25, -0.2) is 0 Å². The molecule has 5 heteroatoms. The van der Waals surface area contributed by atoms with Crippen LogP contribution < -0.4 is 5.32 Å². The lowest BCUT2D eigenvalue weighted by atomic mass is 10.1. The Kier molecular flexibility index (Phi) is 3.83. The summed E-state index contributed by atoms with van der Waals surface area (Å²) in [4.78, 5) is 13.6. The number of nitrogens with one attached hydrogen (secondary N) is 1. The van der Waals surface area contributed by atoms with Crippen LogP contribution >= 0.6 is 27.3 Å². The van der Waals surface area contributed by atoms with Gasteiger partial charge in [0.25, 0.3) is 5.91 Å². The fraction of sp³-hybridized carbons (Fsp3) is 0.250. The molecule has 0 spiro atoms. The van der Waals surface area contributed by atoms with Gasteiger partial charge in [0.1, 0.15) is 11.1 Å². The Bertz CT molecular complexity index is 773. The molecule has 3 nitrogen and oxygen atoms in total. The van der Waals surface area contributed by atoms with Crippen molar-refractivity contribution in [3.63, 3.8) is 0 Å². The average molecular weight is 361 g/mol. The fourth-order valence-corrected chi connectivity index (χ4v) is 4.13. The first kappa shape index (κ1) is 14.3. The molecule has 21 heavy (non-hydrogen) atoms. The summed E-state index contributed by atoms with van der Waals surface area (Å²) in [5.41, 5.74) is 3.44. The molecule has 106 valence electrons. The number of hydrogen-bond donors (Lipinski definition) is 1. The van der Waals surface area contributed by atoms with E-state index in [2.05, 4.69) is 27.3 Å². The second-order valence-electron chi connectivity index (χ2n) is 5.09. The van der Waals surface area contributed by atoms with Crippen molar-refractivity contribution in [3.05, 3.63) is 49.8 Å². The van der Waals surface area contributed by atoms with Crippen LogP contribution in [0.15, 0.2) is 22.7 Å². The molecule has 1 aromatic carbocycles. The smallest absolute Gasteiger partial charge is 0.256 e. The van der Waals surface area contributed by atoms with Crippen molar-refractivity contribution >= 4 is 38.2 Å². The number of nitriles is 1. The molecule has 2 aromatic rings. The number of thiophene rings is 1. The largest absolute Gasteiger partial charge is 0.312 e. The highest BCUT2D eigenvalue weighted by molar-refractivity contribution is 9.10. The van der Waals surface area contributed by atoms with Crippen molar-refractivity contribution in [1.29, 1.82) is 5.26 Å². The first-order valence-electron chi connectivity index (χ1n) is 6.72. The van der Waals surface area contributed by atoms with Gasteiger partial charge in [-0.15, -0.1) is 11.3 Å². The summed E-state index contributed by atoms with van der Waals surface area (Å²) in [6.07, 6.45) is 3.07. The van der Waals surface area contributed by atoms with E-state index in [-0.39, 0.29) is 5.91 Å². The molecule has 1 heterocycles. The van der Waals surface area contributed by atoms with Crippen LogP contribution in [0.25, 0.3) is 0 Å². The maximum Gasteiger partial charge on any atom is 0.256 e. The first-order valence-corrected chi connectivity index (χ1v) is 8.33. The van der Waals surface area contributed by atoms with Crippen molar-refractivity contribution in [2.45, 2.75) is 26.2 Å². The fourth-order valence-electron chi connectivity index (χ4n) is 2.52. The highest BCUT2D eigenvalue weighted by atomic mass is 79.9. The maximum absolute atomic E-state index is 12.3. The predicted octanol–water partition coefficient (Wildman–Crippen LogP) is 4.43. The molecule has 0 unspecified atom stereocenters. The summed E-state index contributed by atoms with van der Waals surface area (Å²) < 4.78 is 0.907. The van der Waals surface area contributed by atoms with Crippen LogP contribution in [0.3, 0.4) is 0 Å². The second-order valence-corrected chi connectivity index (χ2v) is 7.05. The van der Waals surface area contributed by atoms with Gasteiger partial charge in [-0.3, -0.25) is 4.79 Å². The van der Waals surface area contributed by atoms with Crippen molar-refractivity contribution in [2.24, 2.45) is 0 Å². The van der Waals surface area contributed by atoms with Crippen LogP contribution in [0.5, 0.6) is 0 Å². The molecule has 0 saturated heterocycles. The molecule has 0 bridgehead atoms. The van der Waals surface area contributed by atoms with Crippen LogP contribution in [-0.4, -0.2) is 5.91 Å². The van der Waals surface area contributed by atoms with Crippen molar-refractivity contribution < 1.29 is 4.79 Å². The van der Waals surface area contributed by atoms with E-state index in [9.17, 15) is 10.1 Å². The quantitative estimate of drug-likeness (QED) is 0.860. The molecule has 0 aliphatic heterocycles. The minimum atomic E-state index is -0.174. The summed E-state index contributed by atoms with van der Waals surface area (Å²) >= 11 is 4.97. The number of carbonyl (C=O) groups excluding carboxylic acids is 1. The molecule has 1 aromatic heterocycles. The number of aryl methyl sites for hydroxylation is 2. The number of amides is 1. The third kappa shape index (κ3) is 2.61. The molecule has 0 atom stereocenters. The highest BCUT2D eigenvalue weighted by Crippen LogP contribution is 2.38. The van der Waals surface area contributed by atoms with Gasteiger partial charge in [-0.2, -0.15) is 5.26 Å². The molecule has 1 aliphatic carbocycles. The second kappa shape index (κ2) is 5.63. The Morgan fingerprint density at radius 2 is 2.24 bits per heavy atom. The van der Waals surface area contributed by atoms with Crippen LogP contribution in [0, 0.1) is 18.3 Å². The molecule has 0 saturated carbocycles. The number of halogens is 1. The highest BCUT2D eigenvalue weighted by Gasteiger charge is 2.23. The Balaban J connectivity index is 1.88. The zero-order chi connectivity index (χ0) is 15.0. The molecular weight excluding hydrogens is 348 g/mol. The van der Waals surface area contributed by atoms with Crippen LogP contribution in [0.2, 0.25) is 0 Å². The number of fused-ring (bicyclic) bond motifs is 1. The van der Waals surface area contributed by atoms with Crippen molar-refractivity contribution in [1.82, 2.24) is 0 Å². The van der Waals surface area contributed by atoms with E-state index in [1.54, 1.807) is 12.1 Å². The van der Waals surface area contributed by atoms with Crippen LogP contribution in [0.4, 0.5) is 5.00 Å². The lowest BCUT2D eigenvalue weighted by molar-refractivity contribution is 0.102. The van der Waals surface area contributed by atoms with Crippen LogP contribution in [-0.2, 0) is 12.8 Å². The molecule has 3 rings (SSSR count). The topological polar surface area (TPSA) is 52.9 Å². The Labute approximate surface area is 135 Å². The summed E-state index contributed by atoms with van der Waals surface area (Å²) in [6, 6.07) is 7.74. The molecule has 0 fully saturated rings. The minimum Gasteiger partial charge on any atom is -0.312 e. The molecule has 1 aliphatic rings. The van der Waals surface area contributed by atoms with Gasteiger partial charge in [-0.1, -0.05) is 22.0 Å². The lowest BCUT2D eigenvalue weighted by Crippen LogP contribution is -2.12. The van der Waals surface area contributed by atoms with E-state index in [0.717, 1.165) is 34.9 Å².